The molecule has 1 fully saturated rings. The van der Waals surface area contributed by atoms with E-state index in [4.69, 9.17) is 9.47 Å². The van der Waals surface area contributed by atoms with Crippen molar-refractivity contribution in [3.63, 3.8) is 0 Å². The molecule has 0 amide bonds. The summed E-state index contributed by atoms with van der Waals surface area (Å²) in [5.41, 5.74) is 0.861. The number of hydrogen-bond donors (Lipinski definition) is 1. The standard InChI is InChI=1S/C14H20FNO2/c1-17-12-6-4-11(5-7-12)16-13-8-3-10(15)9-14(13)18-2/h3,8-9,11-12,16H,4-7H2,1-2H3. The van der Waals surface area contributed by atoms with Crippen LogP contribution in [0.1, 0.15) is 25.7 Å². The van der Waals surface area contributed by atoms with Crippen molar-refractivity contribution in [2.45, 2.75) is 37.8 Å². The molecule has 0 aromatic heterocycles. The molecule has 0 atom stereocenters. The Bertz CT molecular complexity index is 389. The first-order valence-corrected chi connectivity index (χ1v) is 6.36. The van der Waals surface area contributed by atoms with E-state index >= 15 is 0 Å². The highest BCUT2D eigenvalue weighted by molar-refractivity contribution is 5.57. The van der Waals surface area contributed by atoms with E-state index in [9.17, 15) is 4.39 Å². The summed E-state index contributed by atoms with van der Waals surface area (Å²) in [4.78, 5) is 0. The van der Waals surface area contributed by atoms with Gasteiger partial charge in [0.2, 0.25) is 0 Å². The Kier molecular flexibility index (Phi) is 4.42. The molecule has 1 aliphatic carbocycles. The Hall–Kier alpha value is -1.29. The molecule has 0 radical (unpaired) electrons. The van der Waals surface area contributed by atoms with Gasteiger partial charge >= 0.3 is 0 Å². The molecule has 3 nitrogen and oxygen atoms in total. The molecule has 0 bridgehead atoms. The zero-order valence-electron chi connectivity index (χ0n) is 10.9. The highest BCUT2D eigenvalue weighted by Crippen LogP contribution is 2.29. The lowest BCUT2D eigenvalue weighted by Gasteiger charge is -2.29. The van der Waals surface area contributed by atoms with Gasteiger partial charge in [0.15, 0.2) is 0 Å². The molecule has 1 aromatic carbocycles. The molecule has 100 valence electrons. The zero-order chi connectivity index (χ0) is 13.0. The van der Waals surface area contributed by atoms with Gasteiger partial charge in [-0.15, -0.1) is 0 Å². The molecule has 1 N–H and O–H groups in total. The Labute approximate surface area is 107 Å². The Morgan fingerprint density at radius 3 is 2.50 bits per heavy atom. The molecule has 1 aliphatic rings. The average molecular weight is 253 g/mol. The average Bonchev–Trinajstić information content (AvgIpc) is 2.41. The SMILES string of the molecule is COc1cc(F)ccc1NC1CCC(OC)CC1. The number of methoxy groups -OCH3 is 2. The van der Waals surface area contributed by atoms with E-state index in [2.05, 4.69) is 5.32 Å². The minimum Gasteiger partial charge on any atom is -0.494 e. The van der Waals surface area contributed by atoms with Gasteiger partial charge in [-0.1, -0.05) is 0 Å². The normalized spacial score (nSPS) is 23.7. The maximum absolute atomic E-state index is 13.1. The van der Waals surface area contributed by atoms with Gasteiger partial charge in [-0.3, -0.25) is 0 Å². The van der Waals surface area contributed by atoms with Crippen LogP contribution in [0.2, 0.25) is 0 Å². The molecule has 0 aliphatic heterocycles. The summed E-state index contributed by atoms with van der Waals surface area (Å²) in [6, 6.07) is 5.00. The predicted octanol–water partition coefficient (Wildman–Crippen LogP) is 3.20. The van der Waals surface area contributed by atoms with Crippen LogP contribution >= 0.6 is 0 Å². The Balaban J connectivity index is 1.97. The van der Waals surface area contributed by atoms with Crippen LogP contribution in [-0.4, -0.2) is 26.4 Å². The molecular formula is C14H20FNO2. The summed E-state index contributed by atoms with van der Waals surface area (Å²) in [7, 11) is 3.32. The van der Waals surface area contributed by atoms with E-state index in [0.29, 0.717) is 17.9 Å². The lowest BCUT2D eigenvalue weighted by molar-refractivity contribution is 0.0681. The summed E-state index contributed by atoms with van der Waals surface area (Å²) < 4.78 is 23.6. The molecule has 18 heavy (non-hydrogen) atoms. The van der Waals surface area contributed by atoms with Gasteiger partial charge in [0.1, 0.15) is 11.6 Å². The van der Waals surface area contributed by atoms with Crippen LogP contribution in [0.4, 0.5) is 10.1 Å². The Morgan fingerprint density at radius 2 is 1.89 bits per heavy atom. The minimum absolute atomic E-state index is 0.277. The quantitative estimate of drug-likeness (QED) is 0.893. The first-order valence-electron chi connectivity index (χ1n) is 6.36. The number of ether oxygens (including phenoxy) is 2. The number of nitrogens with one attached hydrogen (secondary N) is 1. The van der Waals surface area contributed by atoms with Crippen LogP contribution in [0.15, 0.2) is 18.2 Å². The molecule has 1 aromatic rings. The van der Waals surface area contributed by atoms with Crippen LogP contribution in [0.25, 0.3) is 0 Å². The molecule has 0 heterocycles. The van der Waals surface area contributed by atoms with E-state index in [0.717, 1.165) is 31.4 Å². The van der Waals surface area contributed by atoms with Gasteiger partial charge in [-0.2, -0.15) is 0 Å². The van der Waals surface area contributed by atoms with Crippen LogP contribution in [-0.2, 0) is 4.74 Å². The highest BCUT2D eigenvalue weighted by atomic mass is 19.1. The number of rotatable bonds is 4. The fourth-order valence-electron chi connectivity index (χ4n) is 2.45. The fraction of sp³-hybridized carbons (Fsp3) is 0.571. The summed E-state index contributed by atoms with van der Waals surface area (Å²) in [5, 5.41) is 3.43. The zero-order valence-corrected chi connectivity index (χ0v) is 10.9. The lowest BCUT2D eigenvalue weighted by atomic mass is 9.93. The van der Waals surface area contributed by atoms with Crippen LogP contribution < -0.4 is 10.1 Å². The van der Waals surface area contributed by atoms with Crippen molar-refractivity contribution in [1.29, 1.82) is 0 Å². The molecular weight excluding hydrogens is 233 g/mol. The van der Waals surface area contributed by atoms with Crippen molar-refractivity contribution in [3.05, 3.63) is 24.0 Å². The summed E-state index contributed by atoms with van der Waals surface area (Å²) in [5.74, 6) is 0.282. The van der Waals surface area contributed by atoms with Crippen molar-refractivity contribution in [1.82, 2.24) is 0 Å². The third-order valence-corrected chi connectivity index (χ3v) is 3.53. The van der Waals surface area contributed by atoms with Crippen LogP contribution in [0.3, 0.4) is 0 Å². The lowest BCUT2D eigenvalue weighted by Crippen LogP contribution is -2.29. The van der Waals surface area contributed by atoms with Gasteiger partial charge in [0, 0.05) is 19.2 Å². The van der Waals surface area contributed by atoms with E-state index in [1.165, 1.54) is 12.1 Å². The van der Waals surface area contributed by atoms with Crippen molar-refractivity contribution in [2.75, 3.05) is 19.5 Å². The van der Waals surface area contributed by atoms with Crippen molar-refractivity contribution in [3.8, 4) is 5.75 Å². The largest absolute Gasteiger partial charge is 0.494 e. The third kappa shape index (κ3) is 3.13. The topological polar surface area (TPSA) is 30.5 Å². The second-order valence-electron chi connectivity index (χ2n) is 4.70. The van der Waals surface area contributed by atoms with E-state index in [1.54, 1.807) is 20.3 Å². The van der Waals surface area contributed by atoms with E-state index in [1.807, 2.05) is 0 Å². The van der Waals surface area contributed by atoms with Crippen molar-refractivity contribution >= 4 is 5.69 Å². The van der Waals surface area contributed by atoms with Gasteiger partial charge in [-0.25, -0.2) is 4.39 Å². The first kappa shape index (κ1) is 13.1. The summed E-state index contributed by atoms with van der Waals surface area (Å²) in [6.07, 6.45) is 4.66. The predicted molar refractivity (Wildman–Crippen MR) is 69.6 cm³/mol. The number of halogens is 1. The molecule has 2 rings (SSSR count). The summed E-state index contributed by atoms with van der Waals surface area (Å²) in [6.45, 7) is 0. The van der Waals surface area contributed by atoms with Gasteiger partial charge in [-0.05, 0) is 37.8 Å². The molecule has 0 unspecified atom stereocenters. The maximum Gasteiger partial charge on any atom is 0.144 e. The second kappa shape index (κ2) is 6.05. The van der Waals surface area contributed by atoms with Gasteiger partial charge in [0.05, 0.1) is 18.9 Å². The Morgan fingerprint density at radius 1 is 1.17 bits per heavy atom. The van der Waals surface area contributed by atoms with E-state index in [-0.39, 0.29) is 5.82 Å². The van der Waals surface area contributed by atoms with Crippen LogP contribution in [0.5, 0.6) is 5.75 Å². The van der Waals surface area contributed by atoms with Crippen LogP contribution in [0, 0.1) is 5.82 Å². The fourth-order valence-corrected chi connectivity index (χ4v) is 2.45. The minimum atomic E-state index is -0.277. The maximum atomic E-state index is 13.1. The second-order valence-corrected chi connectivity index (χ2v) is 4.70. The van der Waals surface area contributed by atoms with Crippen molar-refractivity contribution < 1.29 is 13.9 Å². The first-order chi connectivity index (χ1) is 8.72. The van der Waals surface area contributed by atoms with Gasteiger partial charge in [0.25, 0.3) is 0 Å². The highest BCUT2D eigenvalue weighted by Gasteiger charge is 2.21. The summed E-state index contributed by atoms with van der Waals surface area (Å²) >= 11 is 0. The molecule has 4 heteroatoms. The molecule has 0 saturated heterocycles. The molecule has 0 spiro atoms. The number of benzene rings is 1. The van der Waals surface area contributed by atoms with E-state index < -0.39 is 0 Å². The van der Waals surface area contributed by atoms with Gasteiger partial charge < -0.3 is 14.8 Å². The number of anilines is 1. The van der Waals surface area contributed by atoms with Crippen molar-refractivity contribution in [2.24, 2.45) is 0 Å². The number of hydrogen-bond acceptors (Lipinski definition) is 3. The smallest absolute Gasteiger partial charge is 0.144 e. The monoisotopic (exact) mass is 253 g/mol. The third-order valence-electron chi connectivity index (χ3n) is 3.53. The molecule has 1 saturated carbocycles.